The SMILES string of the molecule is Cc1ccc(O)c(/C=N/C(C)(C)CO)c1. The first-order valence-corrected chi connectivity index (χ1v) is 4.90. The molecule has 3 heteroatoms. The van der Waals surface area contributed by atoms with Crippen molar-refractivity contribution in [2.75, 3.05) is 6.61 Å². The molecule has 15 heavy (non-hydrogen) atoms. The van der Waals surface area contributed by atoms with Crippen LogP contribution in [-0.2, 0) is 0 Å². The van der Waals surface area contributed by atoms with Gasteiger partial charge in [-0.15, -0.1) is 0 Å². The second kappa shape index (κ2) is 4.45. The molecule has 0 aliphatic carbocycles. The molecule has 1 aromatic carbocycles. The smallest absolute Gasteiger partial charge is 0.124 e. The van der Waals surface area contributed by atoms with Crippen molar-refractivity contribution < 1.29 is 10.2 Å². The van der Waals surface area contributed by atoms with Crippen LogP contribution in [0.1, 0.15) is 25.0 Å². The van der Waals surface area contributed by atoms with Crippen LogP contribution in [0.25, 0.3) is 0 Å². The number of phenolic OH excluding ortho intramolecular Hbond substituents is 1. The number of aryl methyl sites for hydroxylation is 1. The Morgan fingerprint density at radius 3 is 2.67 bits per heavy atom. The zero-order chi connectivity index (χ0) is 11.5. The summed E-state index contributed by atoms with van der Waals surface area (Å²) in [4.78, 5) is 4.21. The highest BCUT2D eigenvalue weighted by Gasteiger charge is 2.12. The number of aliphatic imine (C=N–C) groups is 1. The van der Waals surface area contributed by atoms with E-state index < -0.39 is 5.54 Å². The number of hydrogen-bond acceptors (Lipinski definition) is 3. The zero-order valence-electron chi connectivity index (χ0n) is 9.36. The molecule has 0 saturated heterocycles. The fourth-order valence-electron chi connectivity index (χ4n) is 1.06. The maximum atomic E-state index is 9.55. The Kier molecular flexibility index (Phi) is 3.48. The molecule has 0 aliphatic heterocycles. The van der Waals surface area contributed by atoms with Crippen LogP contribution in [0.4, 0.5) is 0 Å². The molecule has 1 aromatic rings. The molecule has 1 rings (SSSR count). The zero-order valence-corrected chi connectivity index (χ0v) is 9.36. The molecule has 0 atom stereocenters. The Morgan fingerprint density at radius 2 is 2.07 bits per heavy atom. The van der Waals surface area contributed by atoms with Crippen LogP contribution in [0.5, 0.6) is 5.75 Å². The second-order valence-corrected chi connectivity index (χ2v) is 4.29. The molecule has 0 unspecified atom stereocenters. The molecule has 0 saturated carbocycles. The lowest BCUT2D eigenvalue weighted by atomic mass is 10.1. The Balaban J connectivity index is 2.94. The number of aliphatic hydroxyl groups is 1. The van der Waals surface area contributed by atoms with Crippen molar-refractivity contribution in [3.8, 4) is 5.75 Å². The van der Waals surface area contributed by atoms with Gasteiger partial charge in [-0.25, -0.2) is 0 Å². The van der Waals surface area contributed by atoms with Gasteiger partial charge in [-0.3, -0.25) is 4.99 Å². The van der Waals surface area contributed by atoms with Gasteiger partial charge in [-0.05, 0) is 32.9 Å². The van der Waals surface area contributed by atoms with Crippen LogP contribution < -0.4 is 0 Å². The van der Waals surface area contributed by atoms with Crippen molar-refractivity contribution >= 4 is 6.21 Å². The third-order valence-electron chi connectivity index (χ3n) is 2.12. The van der Waals surface area contributed by atoms with E-state index in [1.165, 1.54) is 0 Å². The molecule has 0 aliphatic rings. The van der Waals surface area contributed by atoms with Crippen LogP contribution >= 0.6 is 0 Å². The van der Waals surface area contributed by atoms with Crippen molar-refractivity contribution in [3.63, 3.8) is 0 Å². The molecular formula is C12H17NO2. The maximum Gasteiger partial charge on any atom is 0.124 e. The third-order valence-corrected chi connectivity index (χ3v) is 2.12. The summed E-state index contributed by atoms with van der Waals surface area (Å²) in [5, 5.41) is 18.6. The predicted octanol–water partition coefficient (Wildman–Crippen LogP) is 1.89. The highest BCUT2D eigenvalue weighted by atomic mass is 16.3. The van der Waals surface area contributed by atoms with E-state index in [4.69, 9.17) is 5.11 Å². The Bertz CT molecular complexity index is 370. The average molecular weight is 207 g/mol. The Labute approximate surface area is 90.1 Å². The highest BCUT2D eigenvalue weighted by molar-refractivity contribution is 5.83. The maximum absolute atomic E-state index is 9.55. The Morgan fingerprint density at radius 1 is 1.40 bits per heavy atom. The number of aliphatic hydroxyl groups excluding tert-OH is 1. The van der Waals surface area contributed by atoms with E-state index >= 15 is 0 Å². The molecule has 0 amide bonds. The number of rotatable bonds is 3. The first-order valence-electron chi connectivity index (χ1n) is 4.90. The largest absolute Gasteiger partial charge is 0.507 e. The Hall–Kier alpha value is -1.35. The monoisotopic (exact) mass is 207 g/mol. The van der Waals surface area contributed by atoms with E-state index in [-0.39, 0.29) is 12.4 Å². The molecule has 0 aromatic heterocycles. The van der Waals surface area contributed by atoms with Crippen molar-refractivity contribution in [1.29, 1.82) is 0 Å². The molecule has 0 fully saturated rings. The van der Waals surface area contributed by atoms with Crippen LogP contribution in [0.2, 0.25) is 0 Å². The summed E-state index contributed by atoms with van der Waals surface area (Å²) < 4.78 is 0. The second-order valence-electron chi connectivity index (χ2n) is 4.29. The lowest BCUT2D eigenvalue weighted by Gasteiger charge is -2.15. The molecular weight excluding hydrogens is 190 g/mol. The van der Waals surface area contributed by atoms with E-state index in [0.29, 0.717) is 5.56 Å². The number of phenols is 1. The third kappa shape index (κ3) is 3.36. The summed E-state index contributed by atoms with van der Waals surface area (Å²) in [5.74, 6) is 0.207. The summed E-state index contributed by atoms with van der Waals surface area (Å²) in [6, 6.07) is 5.33. The first-order chi connectivity index (χ1) is 6.94. The summed E-state index contributed by atoms with van der Waals surface area (Å²) in [7, 11) is 0. The van der Waals surface area contributed by atoms with Crippen LogP contribution in [0.15, 0.2) is 23.2 Å². The lowest BCUT2D eigenvalue weighted by Crippen LogP contribution is -2.21. The summed E-state index contributed by atoms with van der Waals surface area (Å²) in [6.07, 6.45) is 1.60. The highest BCUT2D eigenvalue weighted by Crippen LogP contribution is 2.17. The summed E-state index contributed by atoms with van der Waals surface area (Å²) >= 11 is 0. The van der Waals surface area contributed by atoms with Gasteiger partial charge >= 0.3 is 0 Å². The van der Waals surface area contributed by atoms with Crippen LogP contribution in [0.3, 0.4) is 0 Å². The van der Waals surface area contributed by atoms with E-state index in [2.05, 4.69) is 4.99 Å². The minimum Gasteiger partial charge on any atom is -0.507 e. The van der Waals surface area contributed by atoms with E-state index in [1.54, 1.807) is 12.3 Å². The van der Waals surface area contributed by atoms with Gasteiger partial charge in [0.05, 0.1) is 12.1 Å². The van der Waals surface area contributed by atoms with Crippen molar-refractivity contribution in [2.45, 2.75) is 26.3 Å². The molecule has 3 nitrogen and oxygen atoms in total. The van der Waals surface area contributed by atoms with Gasteiger partial charge in [0.15, 0.2) is 0 Å². The number of nitrogens with zero attached hydrogens (tertiary/aromatic N) is 1. The van der Waals surface area contributed by atoms with E-state index in [0.717, 1.165) is 5.56 Å². The van der Waals surface area contributed by atoms with Gasteiger partial charge < -0.3 is 10.2 Å². The predicted molar refractivity (Wildman–Crippen MR) is 61.6 cm³/mol. The standard InChI is InChI=1S/C12H17NO2/c1-9-4-5-11(15)10(6-9)7-13-12(2,3)8-14/h4-7,14-15H,8H2,1-3H3/b13-7+. The van der Waals surface area contributed by atoms with Gasteiger partial charge in [0.25, 0.3) is 0 Å². The summed E-state index contributed by atoms with van der Waals surface area (Å²) in [6.45, 7) is 5.59. The van der Waals surface area contributed by atoms with Gasteiger partial charge in [0.2, 0.25) is 0 Å². The number of hydrogen-bond donors (Lipinski definition) is 2. The average Bonchev–Trinajstić information content (AvgIpc) is 2.20. The number of aromatic hydroxyl groups is 1. The van der Waals surface area contributed by atoms with Crippen LogP contribution in [0, 0.1) is 6.92 Å². The van der Waals surface area contributed by atoms with Crippen molar-refractivity contribution in [2.24, 2.45) is 4.99 Å². The van der Waals surface area contributed by atoms with Crippen molar-refractivity contribution in [3.05, 3.63) is 29.3 Å². The fraction of sp³-hybridized carbons (Fsp3) is 0.417. The molecule has 82 valence electrons. The molecule has 2 N–H and O–H groups in total. The molecule has 0 bridgehead atoms. The normalized spacial score (nSPS) is 12.3. The topological polar surface area (TPSA) is 52.8 Å². The van der Waals surface area contributed by atoms with Gasteiger partial charge in [0.1, 0.15) is 5.75 Å². The van der Waals surface area contributed by atoms with Gasteiger partial charge in [0, 0.05) is 11.8 Å². The van der Waals surface area contributed by atoms with Gasteiger partial charge in [-0.2, -0.15) is 0 Å². The van der Waals surface area contributed by atoms with Crippen molar-refractivity contribution in [1.82, 2.24) is 0 Å². The number of benzene rings is 1. The fourth-order valence-corrected chi connectivity index (χ4v) is 1.06. The molecule has 0 radical (unpaired) electrons. The quantitative estimate of drug-likeness (QED) is 0.744. The summed E-state index contributed by atoms with van der Waals surface area (Å²) in [5.41, 5.74) is 1.24. The van der Waals surface area contributed by atoms with E-state index in [1.807, 2.05) is 32.9 Å². The minimum absolute atomic E-state index is 0.0178. The molecule has 0 spiro atoms. The molecule has 0 heterocycles. The first kappa shape index (κ1) is 11.7. The van der Waals surface area contributed by atoms with E-state index in [9.17, 15) is 5.11 Å². The van der Waals surface area contributed by atoms with Gasteiger partial charge in [-0.1, -0.05) is 11.6 Å². The van der Waals surface area contributed by atoms with Crippen LogP contribution in [-0.4, -0.2) is 28.6 Å². The lowest BCUT2D eigenvalue weighted by molar-refractivity contribution is 0.223. The minimum atomic E-state index is -0.504.